The molecule has 0 spiro atoms. The molecule has 0 saturated carbocycles. The van der Waals surface area contributed by atoms with E-state index in [4.69, 9.17) is 0 Å². The van der Waals surface area contributed by atoms with Crippen molar-refractivity contribution < 1.29 is 14.6 Å². The summed E-state index contributed by atoms with van der Waals surface area (Å²) in [5.41, 5.74) is -0.315. The largest absolute Gasteiger partial charge is 0.315 e. The Bertz CT molecular complexity index is 526. The second-order valence-corrected chi connectivity index (χ2v) is 6.40. The lowest BCUT2D eigenvalue weighted by molar-refractivity contribution is -0.556. The molecule has 0 amide bonds. The van der Waals surface area contributed by atoms with E-state index in [2.05, 4.69) is 6.92 Å². The van der Waals surface area contributed by atoms with Crippen LogP contribution in [0, 0.1) is 20.2 Å². The van der Waals surface area contributed by atoms with Gasteiger partial charge in [-0.2, -0.15) is 0 Å². The van der Waals surface area contributed by atoms with Crippen LogP contribution in [0.15, 0.2) is 36.1 Å². The number of aldehydes is 1. The van der Waals surface area contributed by atoms with Gasteiger partial charge in [0.05, 0.1) is 4.92 Å². The highest BCUT2D eigenvalue weighted by Crippen LogP contribution is 2.17. The van der Waals surface area contributed by atoms with Crippen LogP contribution in [0.25, 0.3) is 0 Å². The van der Waals surface area contributed by atoms with Gasteiger partial charge >= 0.3 is 11.7 Å². The van der Waals surface area contributed by atoms with Crippen LogP contribution in [0.3, 0.4) is 0 Å². The quantitative estimate of drug-likeness (QED) is 0.110. The monoisotopic (exact) mass is 380 g/mol. The fourth-order valence-corrected chi connectivity index (χ4v) is 2.63. The number of hydrogen-bond donors (Lipinski definition) is 0. The van der Waals surface area contributed by atoms with Crippen molar-refractivity contribution in [3.05, 3.63) is 56.3 Å². The highest BCUT2D eigenvalue weighted by Gasteiger charge is 2.34. The van der Waals surface area contributed by atoms with Crippen molar-refractivity contribution >= 4 is 6.29 Å². The van der Waals surface area contributed by atoms with Crippen molar-refractivity contribution in [2.24, 2.45) is 0 Å². The molecular weight excluding hydrogens is 348 g/mol. The Hall–Kier alpha value is -2.31. The first-order valence-electron chi connectivity index (χ1n) is 9.76. The van der Waals surface area contributed by atoms with Crippen LogP contribution in [0.4, 0.5) is 0 Å². The highest BCUT2D eigenvalue weighted by atomic mass is 16.6. The lowest BCUT2D eigenvalue weighted by atomic mass is 10.0. The second kappa shape index (κ2) is 17.1. The van der Waals surface area contributed by atoms with E-state index < -0.39 is 15.9 Å². The number of allylic oxidation sites excluding steroid dienone is 5. The fraction of sp³-hybridized carbons (Fsp3) is 0.650. The van der Waals surface area contributed by atoms with Crippen LogP contribution in [-0.2, 0) is 4.79 Å². The molecule has 7 heteroatoms. The molecule has 0 aliphatic heterocycles. The first-order chi connectivity index (χ1) is 13.0. The summed E-state index contributed by atoms with van der Waals surface area (Å²) in [6.45, 7) is 2.09. The number of carbonyl (C=O) groups excluding carboxylic acids is 1. The van der Waals surface area contributed by atoms with Crippen molar-refractivity contribution in [2.45, 2.75) is 83.6 Å². The van der Waals surface area contributed by atoms with Gasteiger partial charge in [-0.25, -0.2) is 0 Å². The number of hydrogen-bond acceptors (Lipinski definition) is 5. The molecule has 0 radical (unpaired) electrons. The fourth-order valence-electron chi connectivity index (χ4n) is 2.63. The maximum Gasteiger partial charge on any atom is 0.315 e. The molecule has 152 valence electrons. The molecule has 0 rings (SSSR count). The molecule has 0 aliphatic carbocycles. The minimum atomic E-state index is -1.24. The number of nitrogens with zero attached hydrogens (tertiary/aromatic N) is 2. The number of rotatable bonds is 17. The molecule has 0 aromatic heterocycles. The Kier molecular flexibility index (Phi) is 15.7. The standard InChI is InChI=1S/C20H32N2O5/c1-2-3-4-10-13-16-19(21(24)25)20(22(26)27)17-14-11-8-6-5-7-9-12-15-18-23/h5,7-8,11,17-19H,2-4,6,9-10,12-16H2,1H3/b7-5-,11-8+,20-17+. The topological polar surface area (TPSA) is 103 Å². The van der Waals surface area contributed by atoms with Crippen molar-refractivity contribution in [1.82, 2.24) is 0 Å². The zero-order chi connectivity index (χ0) is 20.3. The van der Waals surface area contributed by atoms with Crippen molar-refractivity contribution in [1.29, 1.82) is 0 Å². The molecule has 0 aromatic carbocycles. The predicted molar refractivity (Wildman–Crippen MR) is 107 cm³/mol. The van der Waals surface area contributed by atoms with Crippen molar-refractivity contribution in [3.8, 4) is 0 Å². The van der Waals surface area contributed by atoms with Gasteiger partial charge < -0.3 is 4.79 Å². The highest BCUT2D eigenvalue weighted by molar-refractivity contribution is 5.49. The SMILES string of the molecule is CCCCCCCC(/C(=C\C/C=C/C/C=C\CCCC=O)[N+](=O)[O-])[N+](=O)[O-]. The first kappa shape index (κ1) is 24.7. The van der Waals surface area contributed by atoms with Gasteiger partial charge in [0.1, 0.15) is 6.29 Å². The summed E-state index contributed by atoms with van der Waals surface area (Å²) in [5, 5.41) is 22.5. The summed E-state index contributed by atoms with van der Waals surface area (Å²) in [6.07, 6.45) is 18.0. The molecule has 1 atom stereocenters. The van der Waals surface area contributed by atoms with Crippen molar-refractivity contribution in [2.75, 3.05) is 0 Å². The van der Waals surface area contributed by atoms with E-state index in [1.54, 1.807) is 6.08 Å². The third-order valence-electron chi connectivity index (χ3n) is 4.15. The summed E-state index contributed by atoms with van der Waals surface area (Å²) in [6, 6.07) is -1.24. The molecule has 7 nitrogen and oxygen atoms in total. The molecule has 1 unspecified atom stereocenters. The minimum absolute atomic E-state index is 0.205. The molecular formula is C20H32N2O5. The summed E-state index contributed by atoms with van der Waals surface area (Å²) in [7, 11) is 0. The van der Waals surface area contributed by atoms with Crippen LogP contribution in [0.5, 0.6) is 0 Å². The van der Waals surface area contributed by atoms with Gasteiger partial charge in [-0.05, 0) is 32.1 Å². The molecule has 27 heavy (non-hydrogen) atoms. The minimum Gasteiger partial charge on any atom is -0.303 e. The molecule has 0 N–H and O–H groups in total. The van der Waals surface area contributed by atoms with E-state index >= 15 is 0 Å². The van der Waals surface area contributed by atoms with Crippen molar-refractivity contribution in [3.63, 3.8) is 0 Å². The summed E-state index contributed by atoms with van der Waals surface area (Å²) >= 11 is 0. The van der Waals surface area contributed by atoms with Crippen LogP contribution in [0.1, 0.15) is 77.6 Å². The zero-order valence-corrected chi connectivity index (χ0v) is 16.3. The van der Waals surface area contributed by atoms with E-state index in [1.165, 1.54) is 6.08 Å². The Morgan fingerprint density at radius 2 is 1.56 bits per heavy atom. The van der Waals surface area contributed by atoms with Crippen LogP contribution < -0.4 is 0 Å². The van der Waals surface area contributed by atoms with Gasteiger partial charge in [0.25, 0.3) is 0 Å². The number of unbranched alkanes of at least 4 members (excludes halogenated alkanes) is 6. The zero-order valence-electron chi connectivity index (χ0n) is 16.3. The third-order valence-corrected chi connectivity index (χ3v) is 4.15. The summed E-state index contributed by atoms with van der Waals surface area (Å²) in [5.74, 6) is 0. The predicted octanol–water partition coefficient (Wildman–Crippen LogP) is 5.41. The Morgan fingerprint density at radius 3 is 2.19 bits per heavy atom. The third kappa shape index (κ3) is 13.5. The Morgan fingerprint density at radius 1 is 0.889 bits per heavy atom. The van der Waals surface area contributed by atoms with Gasteiger partial charge in [0.15, 0.2) is 0 Å². The molecule has 0 bridgehead atoms. The maximum absolute atomic E-state index is 11.3. The first-order valence-corrected chi connectivity index (χ1v) is 9.76. The molecule has 0 aromatic rings. The average molecular weight is 380 g/mol. The van der Waals surface area contributed by atoms with Crippen LogP contribution in [-0.4, -0.2) is 22.2 Å². The number of nitro groups is 2. The van der Waals surface area contributed by atoms with Gasteiger partial charge in [0, 0.05) is 23.8 Å². The number of carbonyl (C=O) groups is 1. The maximum atomic E-state index is 11.3. The van der Waals surface area contributed by atoms with Gasteiger partial charge in [-0.3, -0.25) is 20.2 Å². The lowest BCUT2D eigenvalue weighted by Gasteiger charge is -2.07. The molecule has 0 saturated heterocycles. The normalized spacial score (nSPS) is 13.3. The van der Waals surface area contributed by atoms with Gasteiger partial charge in [0.2, 0.25) is 0 Å². The van der Waals surface area contributed by atoms with E-state index in [9.17, 15) is 25.0 Å². The van der Waals surface area contributed by atoms with Crippen LogP contribution in [0.2, 0.25) is 0 Å². The lowest BCUT2D eigenvalue weighted by Crippen LogP contribution is -2.26. The van der Waals surface area contributed by atoms with E-state index in [0.29, 0.717) is 25.7 Å². The summed E-state index contributed by atoms with van der Waals surface area (Å²) in [4.78, 5) is 31.5. The van der Waals surface area contributed by atoms with E-state index in [-0.39, 0.29) is 12.1 Å². The summed E-state index contributed by atoms with van der Waals surface area (Å²) < 4.78 is 0. The molecule has 0 fully saturated rings. The van der Waals surface area contributed by atoms with Gasteiger partial charge in [-0.15, -0.1) is 0 Å². The van der Waals surface area contributed by atoms with Crippen LogP contribution >= 0.6 is 0 Å². The van der Waals surface area contributed by atoms with E-state index in [0.717, 1.165) is 44.8 Å². The average Bonchev–Trinajstić information content (AvgIpc) is 2.63. The van der Waals surface area contributed by atoms with E-state index in [1.807, 2.05) is 18.2 Å². The smallest absolute Gasteiger partial charge is 0.303 e. The Labute approximate surface area is 161 Å². The Balaban J connectivity index is 4.49. The molecule has 0 aliphatic rings. The second-order valence-electron chi connectivity index (χ2n) is 6.40. The van der Waals surface area contributed by atoms with Gasteiger partial charge in [-0.1, -0.05) is 56.9 Å². The molecule has 0 heterocycles.